The van der Waals surface area contributed by atoms with Crippen LogP contribution in [0.15, 0.2) is 12.4 Å². The van der Waals surface area contributed by atoms with E-state index < -0.39 is 0 Å². The largest absolute Gasteiger partial charge is 0.370 e. The van der Waals surface area contributed by atoms with Crippen LogP contribution in [-0.2, 0) is 17.7 Å². The van der Waals surface area contributed by atoms with E-state index in [0.717, 1.165) is 18.8 Å². The molecule has 2 N–H and O–H groups in total. The van der Waals surface area contributed by atoms with E-state index in [1.54, 1.807) is 0 Å². The summed E-state index contributed by atoms with van der Waals surface area (Å²) in [6, 6.07) is 0.159. The highest BCUT2D eigenvalue weighted by Gasteiger charge is 2.42. The van der Waals surface area contributed by atoms with Gasteiger partial charge in [0.1, 0.15) is 5.82 Å². The van der Waals surface area contributed by atoms with E-state index in [1.807, 2.05) is 13.1 Å². The fraction of sp³-hybridized carbons (Fsp3) is 0.800. The van der Waals surface area contributed by atoms with Gasteiger partial charge in [0.15, 0.2) is 0 Å². The van der Waals surface area contributed by atoms with E-state index in [4.69, 9.17) is 10.5 Å². The van der Waals surface area contributed by atoms with Gasteiger partial charge < -0.3 is 15.0 Å². The van der Waals surface area contributed by atoms with E-state index in [0.29, 0.717) is 6.10 Å². The number of nitrogens with two attached hydrogens (primary N) is 1. The summed E-state index contributed by atoms with van der Waals surface area (Å²) >= 11 is 0. The fourth-order valence-corrected chi connectivity index (χ4v) is 3.61. The molecule has 2 atom stereocenters. The molecule has 19 heavy (non-hydrogen) atoms. The Morgan fingerprint density at radius 2 is 2.26 bits per heavy atom. The highest BCUT2D eigenvalue weighted by atomic mass is 16.5. The molecule has 4 heteroatoms. The minimum atomic E-state index is 0.159. The van der Waals surface area contributed by atoms with Crippen molar-refractivity contribution in [2.75, 3.05) is 0 Å². The maximum absolute atomic E-state index is 6.36. The van der Waals surface area contributed by atoms with Crippen molar-refractivity contribution in [2.24, 2.45) is 5.73 Å². The van der Waals surface area contributed by atoms with Gasteiger partial charge in [-0.1, -0.05) is 12.8 Å². The molecule has 106 valence electrons. The van der Waals surface area contributed by atoms with E-state index in [1.165, 1.54) is 38.5 Å². The van der Waals surface area contributed by atoms with Crippen molar-refractivity contribution in [3.8, 4) is 0 Å². The smallest absolute Gasteiger partial charge is 0.110 e. The summed E-state index contributed by atoms with van der Waals surface area (Å²) in [5.41, 5.74) is 6.10. The minimum absolute atomic E-state index is 0.159. The molecule has 2 unspecified atom stereocenters. The molecule has 1 saturated carbocycles. The molecular formula is C15H25N3O. The third kappa shape index (κ3) is 2.84. The van der Waals surface area contributed by atoms with Crippen LogP contribution in [0.5, 0.6) is 0 Å². The molecule has 0 aromatic carbocycles. The lowest BCUT2D eigenvalue weighted by Gasteiger charge is -2.24. The van der Waals surface area contributed by atoms with E-state index in [2.05, 4.69) is 15.7 Å². The second kappa shape index (κ2) is 5.25. The monoisotopic (exact) mass is 263 g/mol. The quantitative estimate of drug-likeness (QED) is 0.906. The average Bonchev–Trinajstić information content (AvgIpc) is 3.06. The molecular weight excluding hydrogens is 238 g/mol. The first-order chi connectivity index (χ1) is 9.17. The SMILES string of the molecule is CC(N)Cc1nccn1CC1CCC2(CCCC2)O1. The molecule has 1 saturated heterocycles. The second-order valence-corrected chi connectivity index (χ2v) is 6.35. The third-order valence-corrected chi connectivity index (χ3v) is 4.56. The van der Waals surface area contributed by atoms with Gasteiger partial charge in [-0.2, -0.15) is 0 Å². The number of nitrogens with zero attached hydrogens (tertiary/aromatic N) is 2. The lowest BCUT2D eigenvalue weighted by Crippen LogP contribution is -2.27. The first-order valence-corrected chi connectivity index (χ1v) is 7.60. The molecule has 2 heterocycles. The van der Waals surface area contributed by atoms with Crippen molar-refractivity contribution in [1.29, 1.82) is 0 Å². The van der Waals surface area contributed by atoms with E-state index in [9.17, 15) is 0 Å². The maximum atomic E-state index is 6.36. The zero-order valence-corrected chi connectivity index (χ0v) is 11.8. The number of hydrogen-bond acceptors (Lipinski definition) is 3. The zero-order valence-electron chi connectivity index (χ0n) is 11.8. The topological polar surface area (TPSA) is 53.1 Å². The highest BCUT2D eigenvalue weighted by molar-refractivity contribution is 4.97. The lowest BCUT2D eigenvalue weighted by molar-refractivity contribution is -0.0420. The first kappa shape index (κ1) is 13.1. The highest BCUT2D eigenvalue weighted by Crippen LogP contribution is 2.43. The summed E-state index contributed by atoms with van der Waals surface area (Å²) in [5, 5.41) is 0. The van der Waals surface area contributed by atoms with Crippen LogP contribution in [0.3, 0.4) is 0 Å². The predicted octanol–water partition coefficient (Wildman–Crippen LogP) is 2.26. The lowest BCUT2D eigenvalue weighted by atomic mass is 9.98. The molecule has 0 amide bonds. The summed E-state index contributed by atoms with van der Waals surface area (Å²) < 4.78 is 8.59. The Hall–Kier alpha value is -0.870. The van der Waals surface area contributed by atoms with Crippen molar-refractivity contribution < 1.29 is 4.74 Å². The second-order valence-electron chi connectivity index (χ2n) is 6.35. The number of hydrogen-bond donors (Lipinski definition) is 1. The molecule has 0 bridgehead atoms. The summed E-state index contributed by atoms with van der Waals surface area (Å²) in [6.07, 6.45) is 12.8. The van der Waals surface area contributed by atoms with Gasteiger partial charge in [-0.05, 0) is 32.6 Å². The third-order valence-electron chi connectivity index (χ3n) is 4.56. The molecule has 1 aliphatic heterocycles. The molecule has 0 radical (unpaired) electrons. The maximum Gasteiger partial charge on any atom is 0.110 e. The van der Waals surface area contributed by atoms with Crippen LogP contribution in [0.25, 0.3) is 0 Å². The normalized spacial score (nSPS) is 27.2. The molecule has 3 rings (SSSR count). The van der Waals surface area contributed by atoms with Gasteiger partial charge in [0, 0.05) is 24.9 Å². The minimum Gasteiger partial charge on any atom is -0.370 e. The van der Waals surface area contributed by atoms with Gasteiger partial charge >= 0.3 is 0 Å². The summed E-state index contributed by atoms with van der Waals surface area (Å²) in [4.78, 5) is 4.41. The number of rotatable bonds is 4. The Labute approximate surface area is 115 Å². The zero-order chi connectivity index (χ0) is 13.3. The van der Waals surface area contributed by atoms with Crippen LogP contribution < -0.4 is 5.73 Å². The van der Waals surface area contributed by atoms with Gasteiger partial charge in [-0.3, -0.25) is 0 Å². The van der Waals surface area contributed by atoms with Crippen LogP contribution >= 0.6 is 0 Å². The Morgan fingerprint density at radius 1 is 1.47 bits per heavy atom. The van der Waals surface area contributed by atoms with Crippen molar-refractivity contribution in [3.05, 3.63) is 18.2 Å². The number of aromatic nitrogens is 2. The van der Waals surface area contributed by atoms with Gasteiger partial charge in [-0.25, -0.2) is 4.98 Å². The molecule has 2 fully saturated rings. The average molecular weight is 263 g/mol. The number of imidazole rings is 1. The van der Waals surface area contributed by atoms with Crippen molar-refractivity contribution in [1.82, 2.24) is 9.55 Å². The van der Waals surface area contributed by atoms with Crippen LogP contribution in [0.2, 0.25) is 0 Å². The van der Waals surface area contributed by atoms with E-state index in [-0.39, 0.29) is 11.6 Å². The first-order valence-electron chi connectivity index (χ1n) is 7.60. The van der Waals surface area contributed by atoms with Crippen LogP contribution in [-0.4, -0.2) is 27.3 Å². The van der Waals surface area contributed by atoms with Crippen LogP contribution in [0, 0.1) is 0 Å². The molecule has 2 aliphatic rings. The molecule has 1 spiro atoms. The molecule has 1 aliphatic carbocycles. The Kier molecular flexibility index (Phi) is 3.63. The number of ether oxygens (including phenoxy) is 1. The van der Waals surface area contributed by atoms with Crippen molar-refractivity contribution in [2.45, 2.75) is 76.2 Å². The van der Waals surface area contributed by atoms with Gasteiger partial charge in [0.25, 0.3) is 0 Å². The Morgan fingerprint density at radius 3 is 3.00 bits per heavy atom. The van der Waals surface area contributed by atoms with E-state index >= 15 is 0 Å². The van der Waals surface area contributed by atoms with Crippen LogP contribution in [0.4, 0.5) is 0 Å². The fourth-order valence-electron chi connectivity index (χ4n) is 3.61. The predicted molar refractivity (Wildman–Crippen MR) is 74.9 cm³/mol. The summed E-state index contributed by atoms with van der Waals surface area (Å²) in [6.45, 7) is 2.96. The van der Waals surface area contributed by atoms with Gasteiger partial charge in [-0.15, -0.1) is 0 Å². The van der Waals surface area contributed by atoms with Crippen LogP contribution in [0.1, 0.15) is 51.3 Å². The summed E-state index contributed by atoms with van der Waals surface area (Å²) in [5.74, 6) is 1.09. The molecule has 1 aromatic rings. The van der Waals surface area contributed by atoms with Gasteiger partial charge in [0.2, 0.25) is 0 Å². The Balaban J connectivity index is 1.61. The molecule has 4 nitrogen and oxygen atoms in total. The van der Waals surface area contributed by atoms with Crippen molar-refractivity contribution in [3.63, 3.8) is 0 Å². The molecule has 1 aromatic heterocycles. The van der Waals surface area contributed by atoms with Gasteiger partial charge in [0.05, 0.1) is 18.2 Å². The Bertz CT molecular complexity index is 421. The summed E-state index contributed by atoms with van der Waals surface area (Å²) in [7, 11) is 0. The van der Waals surface area contributed by atoms with Crippen molar-refractivity contribution >= 4 is 0 Å². The standard InChI is InChI=1S/C15H25N3O/c1-12(16)10-14-17-8-9-18(14)11-13-4-7-15(19-13)5-2-3-6-15/h8-9,12-13H,2-7,10-11,16H2,1H3.